The molecular formula is C20H23FN4OS. The number of hydrogen-bond acceptors (Lipinski definition) is 5. The van der Waals surface area contributed by atoms with Crippen LogP contribution >= 0.6 is 11.3 Å². The molecule has 1 aromatic carbocycles. The molecule has 2 heterocycles. The van der Waals surface area contributed by atoms with E-state index in [1.54, 1.807) is 35.4 Å². The van der Waals surface area contributed by atoms with E-state index in [0.29, 0.717) is 10.6 Å². The van der Waals surface area contributed by atoms with Crippen LogP contribution in [0.15, 0.2) is 54.1 Å². The van der Waals surface area contributed by atoms with Gasteiger partial charge in [0.25, 0.3) is 5.91 Å². The van der Waals surface area contributed by atoms with Crippen molar-refractivity contribution in [3.8, 4) is 0 Å². The maximum atomic E-state index is 13.3. The van der Waals surface area contributed by atoms with Gasteiger partial charge in [-0.2, -0.15) is 0 Å². The first-order valence-electron chi connectivity index (χ1n) is 8.87. The van der Waals surface area contributed by atoms with Crippen molar-refractivity contribution < 1.29 is 9.18 Å². The van der Waals surface area contributed by atoms with Crippen molar-refractivity contribution in [3.05, 3.63) is 64.7 Å². The Morgan fingerprint density at radius 2 is 2.11 bits per heavy atom. The van der Waals surface area contributed by atoms with E-state index in [9.17, 15) is 9.18 Å². The Labute approximate surface area is 162 Å². The summed E-state index contributed by atoms with van der Waals surface area (Å²) in [5.41, 5.74) is 0.592. The molecule has 1 saturated heterocycles. The predicted octanol–water partition coefficient (Wildman–Crippen LogP) is 4.03. The van der Waals surface area contributed by atoms with Crippen molar-refractivity contribution in [3.63, 3.8) is 0 Å². The maximum absolute atomic E-state index is 13.3. The summed E-state index contributed by atoms with van der Waals surface area (Å²) < 4.78 is 13.3. The molecule has 1 amide bonds. The van der Waals surface area contributed by atoms with Crippen LogP contribution in [0.4, 0.5) is 10.1 Å². The Balaban J connectivity index is 1.73. The average molecular weight is 386 g/mol. The normalized spacial score (nSPS) is 15.8. The fourth-order valence-electron chi connectivity index (χ4n) is 3.12. The van der Waals surface area contributed by atoms with Crippen LogP contribution in [0.1, 0.15) is 22.5 Å². The smallest absolute Gasteiger partial charge is 0.269 e. The second-order valence-electron chi connectivity index (χ2n) is 6.56. The number of amidine groups is 1. The van der Waals surface area contributed by atoms with Crippen molar-refractivity contribution in [1.82, 2.24) is 9.80 Å². The zero-order valence-corrected chi connectivity index (χ0v) is 16.0. The van der Waals surface area contributed by atoms with Gasteiger partial charge in [0.05, 0.1) is 4.88 Å². The van der Waals surface area contributed by atoms with Gasteiger partial charge in [-0.1, -0.05) is 12.1 Å². The summed E-state index contributed by atoms with van der Waals surface area (Å²) >= 11 is 1.38. The molecule has 3 rings (SSSR count). The lowest BCUT2D eigenvalue weighted by Gasteiger charge is -2.36. The van der Waals surface area contributed by atoms with Crippen LogP contribution in [0.25, 0.3) is 0 Å². The molecule has 142 valence electrons. The molecule has 0 spiro atoms. The van der Waals surface area contributed by atoms with Crippen LogP contribution in [0.2, 0.25) is 0 Å². The fraction of sp³-hybridized carbons (Fsp3) is 0.300. The lowest BCUT2D eigenvalue weighted by Crippen LogP contribution is -2.48. The molecule has 0 atom stereocenters. The minimum Gasteiger partial charge on any atom is -0.361 e. The Kier molecular flexibility index (Phi) is 6.36. The zero-order chi connectivity index (χ0) is 19.2. The van der Waals surface area contributed by atoms with Crippen molar-refractivity contribution in [2.24, 2.45) is 0 Å². The second-order valence-corrected chi connectivity index (χ2v) is 7.51. The van der Waals surface area contributed by atoms with E-state index in [1.165, 1.54) is 23.5 Å². The van der Waals surface area contributed by atoms with Crippen LogP contribution in [0, 0.1) is 11.2 Å². The van der Waals surface area contributed by atoms with E-state index in [0.717, 1.165) is 25.9 Å². The molecule has 1 aliphatic heterocycles. The van der Waals surface area contributed by atoms with E-state index in [4.69, 9.17) is 5.41 Å². The molecule has 2 aromatic rings. The summed E-state index contributed by atoms with van der Waals surface area (Å²) in [4.78, 5) is 17.4. The highest BCUT2D eigenvalue weighted by Crippen LogP contribution is 2.21. The van der Waals surface area contributed by atoms with Crippen LogP contribution in [0.5, 0.6) is 0 Å². The number of nitrogens with zero attached hydrogens (tertiary/aromatic N) is 2. The number of carbonyl (C=O) groups is 1. The maximum Gasteiger partial charge on any atom is 0.269 e. The first kappa shape index (κ1) is 19.3. The van der Waals surface area contributed by atoms with Crippen LogP contribution < -0.4 is 5.32 Å². The lowest BCUT2D eigenvalue weighted by molar-refractivity contribution is 0.0753. The number of halogens is 1. The standard InChI is InChI=1S/C20H23FN4OS/c1-24-11-8-17(9-12-24)25(20(26)18-6-3-13-27-18)19(22)7-10-23-16-5-2-4-15(21)14-16/h2-7,10,13-14,17,22-23H,8-9,11-12H2,1H3/b10-7-,22-19?. The van der Waals surface area contributed by atoms with Gasteiger partial charge < -0.3 is 10.2 Å². The molecule has 0 unspecified atom stereocenters. The van der Waals surface area contributed by atoms with Gasteiger partial charge in [-0.15, -0.1) is 11.3 Å². The summed E-state index contributed by atoms with van der Waals surface area (Å²) in [6.45, 7) is 1.80. The topological polar surface area (TPSA) is 59.4 Å². The molecule has 1 aliphatic rings. The molecule has 0 aliphatic carbocycles. The van der Waals surface area contributed by atoms with Gasteiger partial charge in [0.1, 0.15) is 11.7 Å². The molecule has 0 saturated carbocycles. The number of likely N-dealkylation sites (tertiary alicyclic amines) is 1. The van der Waals surface area contributed by atoms with E-state index in [1.807, 2.05) is 11.4 Å². The second kappa shape index (κ2) is 8.92. The van der Waals surface area contributed by atoms with Gasteiger partial charge >= 0.3 is 0 Å². The zero-order valence-electron chi connectivity index (χ0n) is 15.2. The van der Waals surface area contributed by atoms with Gasteiger partial charge in [0.15, 0.2) is 0 Å². The third-order valence-electron chi connectivity index (χ3n) is 4.58. The van der Waals surface area contributed by atoms with E-state index < -0.39 is 0 Å². The number of carbonyl (C=O) groups excluding carboxylic acids is 1. The summed E-state index contributed by atoms with van der Waals surface area (Å²) in [5.74, 6) is -0.337. The highest BCUT2D eigenvalue weighted by molar-refractivity contribution is 7.12. The summed E-state index contributed by atoms with van der Waals surface area (Å²) in [7, 11) is 2.07. The van der Waals surface area contributed by atoms with Crippen LogP contribution in [-0.4, -0.2) is 47.7 Å². The fourth-order valence-corrected chi connectivity index (χ4v) is 3.78. The third-order valence-corrected chi connectivity index (χ3v) is 5.44. The molecule has 0 radical (unpaired) electrons. The molecule has 1 fully saturated rings. The summed E-state index contributed by atoms with van der Waals surface area (Å²) in [6.07, 6.45) is 4.79. The number of hydrogen-bond donors (Lipinski definition) is 2. The molecule has 5 nitrogen and oxygen atoms in total. The van der Waals surface area contributed by atoms with Crippen molar-refractivity contribution in [1.29, 1.82) is 5.41 Å². The summed E-state index contributed by atoms with van der Waals surface area (Å²) in [5, 5.41) is 13.3. The van der Waals surface area contributed by atoms with Crippen LogP contribution in [0.3, 0.4) is 0 Å². The largest absolute Gasteiger partial charge is 0.361 e. The number of rotatable bonds is 5. The molecule has 0 bridgehead atoms. The monoisotopic (exact) mass is 386 g/mol. The van der Waals surface area contributed by atoms with Crippen molar-refractivity contribution in [2.75, 3.05) is 25.5 Å². The number of nitrogens with one attached hydrogen (secondary N) is 2. The molecule has 1 aromatic heterocycles. The van der Waals surface area contributed by atoms with E-state index >= 15 is 0 Å². The van der Waals surface area contributed by atoms with E-state index in [2.05, 4.69) is 17.3 Å². The molecule has 27 heavy (non-hydrogen) atoms. The Bertz CT molecular complexity index is 813. The van der Waals surface area contributed by atoms with Gasteiger partial charge in [-0.05, 0) is 68.7 Å². The van der Waals surface area contributed by atoms with E-state index in [-0.39, 0.29) is 23.6 Å². The quantitative estimate of drug-likeness (QED) is 0.603. The number of thiophene rings is 1. The Hall–Kier alpha value is -2.51. The predicted molar refractivity (Wildman–Crippen MR) is 108 cm³/mol. The van der Waals surface area contributed by atoms with Crippen molar-refractivity contribution in [2.45, 2.75) is 18.9 Å². The van der Waals surface area contributed by atoms with Gasteiger partial charge in [-0.25, -0.2) is 4.39 Å². The number of piperidine rings is 1. The Morgan fingerprint density at radius 1 is 1.33 bits per heavy atom. The van der Waals surface area contributed by atoms with Gasteiger partial charge in [0.2, 0.25) is 0 Å². The van der Waals surface area contributed by atoms with Gasteiger partial charge in [0, 0.05) is 17.9 Å². The molecular weight excluding hydrogens is 363 g/mol. The highest BCUT2D eigenvalue weighted by atomic mass is 32.1. The average Bonchev–Trinajstić information content (AvgIpc) is 3.18. The molecule has 7 heteroatoms. The van der Waals surface area contributed by atoms with Gasteiger partial charge in [-0.3, -0.25) is 15.1 Å². The number of anilines is 1. The first-order valence-corrected chi connectivity index (χ1v) is 9.75. The summed E-state index contributed by atoms with van der Waals surface area (Å²) in [6, 6.07) is 9.73. The number of benzene rings is 1. The Morgan fingerprint density at radius 3 is 2.78 bits per heavy atom. The van der Waals surface area contributed by atoms with Crippen LogP contribution in [-0.2, 0) is 0 Å². The molecule has 2 N–H and O–H groups in total. The minimum atomic E-state index is -0.329. The lowest BCUT2D eigenvalue weighted by atomic mass is 10.0. The minimum absolute atomic E-state index is 0.00196. The third kappa shape index (κ3) is 5.02. The van der Waals surface area contributed by atoms with Crippen molar-refractivity contribution >= 4 is 28.8 Å². The SMILES string of the molecule is CN1CCC(N(C(=N)/C=C\Nc2cccc(F)c2)C(=O)c2cccs2)CC1. The number of amides is 1. The first-order chi connectivity index (χ1) is 13.0. The highest BCUT2D eigenvalue weighted by Gasteiger charge is 2.30.